The van der Waals surface area contributed by atoms with Gasteiger partial charge in [0, 0.05) is 5.56 Å². The molecule has 0 aliphatic heterocycles. The first kappa shape index (κ1) is 16.2. The van der Waals surface area contributed by atoms with Crippen molar-refractivity contribution in [3.8, 4) is 11.3 Å². The molecule has 9 heteroatoms. The molecule has 0 bridgehead atoms. The molecule has 0 aliphatic carbocycles. The summed E-state index contributed by atoms with van der Waals surface area (Å²) in [6, 6.07) is 2.30. The lowest BCUT2D eigenvalue weighted by atomic mass is 10.0. The predicted molar refractivity (Wildman–Crippen MR) is 63.4 cm³/mol. The van der Waals surface area contributed by atoms with E-state index in [1.807, 2.05) is 0 Å². The zero-order valence-corrected chi connectivity index (χ0v) is 10.7. The third-order valence-electron chi connectivity index (χ3n) is 2.77. The van der Waals surface area contributed by atoms with Gasteiger partial charge in [-0.15, -0.1) is 0 Å². The smallest absolute Gasteiger partial charge is 0.390 e. The van der Waals surface area contributed by atoms with Crippen molar-refractivity contribution in [3.05, 3.63) is 47.4 Å². The summed E-state index contributed by atoms with van der Waals surface area (Å²) in [5.74, 6) is 0. The van der Waals surface area contributed by atoms with Crippen molar-refractivity contribution in [1.29, 1.82) is 0 Å². The number of hydrogen-bond acceptors (Lipinski definition) is 3. The molecule has 3 nitrogen and oxygen atoms in total. The van der Waals surface area contributed by atoms with Gasteiger partial charge >= 0.3 is 12.4 Å². The number of aliphatic hydroxyl groups is 1. The number of aliphatic hydroxyl groups excluding tert-OH is 1. The van der Waals surface area contributed by atoms with Crippen molar-refractivity contribution in [2.45, 2.75) is 19.0 Å². The summed E-state index contributed by atoms with van der Waals surface area (Å²) in [6.45, 7) is -0.513. The van der Waals surface area contributed by atoms with Crippen LogP contribution in [0.3, 0.4) is 0 Å². The van der Waals surface area contributed by atoms with Gasteiger partial charge in [-0.25, -0.2) is 9.97 Å². The Balaban J connectivity index is 2.64. The summed E-state index contributed by atoms with van der Waals surface area (Å²) >= 11 is 0. The molecule has 1 aromatic heterocycles. The molecule has 0 spiro atoms. The molecule has 0 atom stereocenters. The number of aromatic nitrogens is 2. The van der Waals surface area contributed by atoms with Crippen molar-refractivity contribution in [2.24, 2.45) is 0 Å². The Kier molecular flexibility index (Phi) is 4.10. The van der Waals surface area contributed by atoms with E-state index in [2.05, 4.69) is 9.97 Å². The van der Waals surface area contributed by atoms with E-state index in [0.717, 1.165) is 12.4 Å². The summed E-state index contributed by atoms with van der Waals surface area (Å²) < 4.78 is 76.5. The maximum atomic E-state index is 12.8. The van der Waals surface area contributed by atoms with Crippen molar-refractivity contribution in [1.82, 2.24) is 9.97 Å². The van der Waals surface area contributed by atoms with Crippen LogP contribution in [0.15, 0.2) is 30.6 Å². The maximum absolute atomic E-state index is 12.8. The van der Waals surface area contributed by atoms with Gasteiger partial charge in [-0.1, -0.05) is 0 Å². The van der Waals surface area contributed by atoms with E-state index in [4.69, 9.17) is 5.11 Å². The van der Waals surface area contributed by atoms with E-state index >= 15 is 0 Å². The molecule has 0 unspecified atom stereocenters. The molecule has 0 radical (unpaired) electrons. The number of hydrogen-bond donors (Lipinski definition) is 1. The standard InChI is InChI=1S/C13H8F6N2O/c14-12(15,16)8-1-7(2-9(3-8)13(17,18)19)11-4-10(5-22)20-6-21-11/h1-4,6,22H,5H2. The molecular formula is C13H8F6N2O. The summed E-state index contributed by atoms with van der Waals surface area (Å²) in [6.07, 6.45) is -8.90. The monoisotopic (exact) mass is 322 g/mol. The Labute approximate surface area is 120 Å². The Bertz CT molecular complexity index is 649. The summed E-state index contributed by atoms with van der Waals surface area (Å²) in [5, 5.41) is 8.93. The average molecular weight is 322 g/mol. The van der Waals surface area contributed by atoms with E-state index in [1.54, 1.807) is 0 Å². The Hall–Kier alpha value is -2.16. The number of nitrogens with zero attached hydrogens (tertiary/aromatic N) is 2. The first-order valence-electron chi connectivity index (χ1n) is 5.83. The Morgan fingerprint density at radius 2 is 1.36 bits per heavy atom. The fourth-order valence-corrected chi connectivity index (χ4v) is 1.74. The molecule has 1 heterocycles. The minimum Gasteiger partial charge on any atom is -0.390 e. The van der Waals surface area contributed by atoms with Crippen LogP contribution < -0.4 is 0 Å². The van der Waals surface area contributed by atoms with Gasteiger partial charge < -0.3 is 5.11 Å². The highest BCUT2D eigenvalue weighted by Crippen LogP contribution is 2.38. The molecular weight excluding hydrogens is 314 g/mol. The SMILES string of the molecule is OCc1cc(-c2cc(C(F)(F)F)cc(C(F)(F)F)c2)ncn1. The Morgan fingerprint density at radius 3 is 1.82 bits per heavy atom. The van der Waals surface area contributed by atoms with E-state index in [9.17, 15) is 26.3 Å². The van der Waals surface area contributed by atoms with E-state index in [0.29, 0.717) is 12.1 Å². The highest BCUT2D eigenvalue weighted by molar-refractivity contribution is 5.62. The minimum absolute atomic E-state index is 0.0393. The molecule has 1 N–H and O–H groups in total. The van der Waals surface area contributed by atoms with Gasteiger partial charge in [0.2, 0.25) is 0 Å². The molecule has 0 amide bonds. The number of rotatable bonds is 2. The lowest BCUT2D eigenvalue weighted by Crippen LogP contribution is -2.11. The van der Waals surface area contributed by atoms with Gasteiger partial charge in [-0.05, 0) is 24.3 Å². The first-order chi connectivity index (χ1) is 10.1. The second-order valence-corrected chi connectivity index (χ2v) is 4.35. The predicted octanol–water partition coefficient (Wildman–Crippen LogP) is 3.67. The second-order valence-electron chi connectivity index (χ2n) is 4.35. The largest absolute Gasteiger partial charge is 0.416 e. The van der Waals surface area contributed by atoms with E-state index in [1.165, 1.54) is 0 Å². The molecule has 0 aliphatic rings. The van der Waals surface area contributed by atoms with Crippen molar-refractivity contribution >= 4 is 0 Å². The van der Waals surface area contributed by atoms with Crippen molar-refractivity contribution < 1.29 is 31.4 Å². The molecule has 0 fully saturated rings. The fraction of sp³-hybridized carbons (Fsp3) is 0.231. The normalized spacial score (nSPS) is 12.5. The van der Waals surface area contributed by atoms with Crippen LogP contribution >= 0.6 is 0 Å². The highest BCUT2D eigenvalue weighted by atomic mass is 19.4. The summed E-state index contributed by atoms with van der Waals surface area (Å²) in [5.41, 5.74) is -3.28. The molecule has 2 aromatic rings. The van der Waals surface area contributed by atoms with Gasteiger partial charge in [0.05, 0.1) is 29.1 Å². The highest BCUT2D eigenvalue weighted by Gasteiger charge is 2.37. The van der Waals surface area contributed by atoms with Crippen LogP contribution in [0.5, 0.6) is 0 Å². The van der Waals surface area contributed by atoms with Gasteiger partial charge in [0.1, 0.15) is 6.33 Å². The zero-order chi connectivity index (χ0) is 16.5. The number of benzene rings is 1. The molecule has 1 aromatic carbocycles. The number of halogens is 6. The van der Waals surface area contributed by atoms with Crippen LogP contribution in [0.2, 0.25) is 0 Å². The quantitative estimate of drug-likeness (QED) is 0.858. The fourth-order valence-electron chi connectivity index (χ4n) is 1.74. The minimum atomic E-state index is -4.93. The molecule has 118 valence electrons. The molecule has 0 saturated heterocycles. The maximum Gasteiger partial charge on any atom is 0.416 e. The van der Waals surface area contributed by atoms with Crippen LogP contribution in [0, 0.1) is 0 Å². The van der Waals surface area contributed by atoms with Gasteiger partial charge in [-0.3, -0.25) is 0 Å². The molecule has 22 heavy (non-hydrogen) atoms. The molecule has 2 rings (SSSR count). The van der Waals surface area contributed by atoms with Gasteiger partial charge in [0.25, 0.3) is 0 Å². The average Bonchev–Trinajstić information content (AvgIpc) is 2.45. The summed E-state index contributed by atoms with van der Waals surface area (Å²) in [7, 11) is 0. The Morgan fingerprint density at radius 1 is 0.818 bits per heavy atom. The van der Waals surface area contributed by atoms with Gasteiger partial charge in [-0.2, -0.15) is 26.3 Å². The number of alkyl halides is 6. The lowest BCUT2D eigenvalue weighted by molar-refractivity contribution is -0.143. The first-order valence-corrected chi connectivity index (χ1v) is 5.83. The third kappa shape index (κ3) is 3.53. The third-order valence-corrected chi connectivity index (χ3v) is 2.77. The van der Waals surface area contributed by atoms with Crippen LogP contribution in [0.1, 0.15) is 16.8 Å². The van der Waals surface area contributed by atoms with Crippen LogP contribution in [0.4, 0.5) is 26.3 Å². The summed E-state index contributed by atoms with van der Waals surface area (Å²) in [4.78, 5) is 7.27. The van der Waals surface area contributed by atoms with E-state index < -0.39 is 30.1 Å². The topological polar surface area (TPSA) is 46.0 Å². The second kappa shape index (κ2) is 5.56. The van der Waals surface area contributed by atoms with Crippen LogP contribution in [-0.4, -0.2) is 15.1 Å². The lowest BCUT2D eigenvalue weighted by Gasteiger charge is -2.14. The van der Waals surface area contributed by atoms with Crippen molar-refractivity contribution in [2.75, 3.05) is 0 Å². The zero-order valence-electron chi connectivity index (χ0n) is 10.7. The van der Waals surface area contributed by atoms with Crippen molar-refractivity contribution in [3.63, 3.8) is 0 Å². The van der Waals surface area contributed by atoms with Crippen LogP contribution in [-0.2, 0) is 19.0 Å². The van der Waals surface area contributed by atoms with Gasteiger partial charge in [0.15, 0.2) is 0 Å². The molecule has 0 saturated carbocycles. The van der Waals surface area contributed by atoms with E-state index in [-0.39, 0.29) is 23.0 Å². The van der Waals surface area contributed by atoms with Crippen LogP contribution in [0.25, 0.3) is 11.3 Å².